The van der Waals surface area contributed by atoms with Crippen molar-refractivity contribution in [1.82, 2.24) is 0 Å². The Hall–Kier alpha value is -1.03. The minimum Gasteiger partial charge on any atom is -0.491 e. The number of hydrogen-bond acceptors (Lipinski definition) is 2. The topological polar surface area (TPSA) is 29.5 Å². The number of ether oxygens (including phenoxy) is 1. The molecule has 1 atom stereocenters. The van der Waals surface area contributed by atoms with E-state index in [0.717, 1.165) is 15.6 Å². The van der Waals surface area contributed by atoms with Crippen LogP contribution in [0.1, 0.15) is 31.1 Å². The molecule has 0 aromatic heterocycles. The molecule has 0 saturated heterocycles. The highest BCUT2D eigenvalue weighted by molar-refractivity contribution is 9.10. The highest BCUT2D eigenvalue weighted by Gasteiger charge is 2.18. The maximum absolute atomic E-state index is 10.6. The molecular formula is C16H16BrClO2. The van der Waals surface area contributed by atoms with Crippen LogP contribution in [0.15, 0.2) is 46.9 Å². The first kappa shape index (κ1) is 15.4. The van der Waals surface area contributed by atoms with Gasteiger partial charge in [-0.05, 0) is 37.6 Å². The Balaban J connectivity index is 2.40. The minimum absolute atomic E-state index is 0.0528. The van der Waals surface area contributed by atoms with Crippen molar-refractivity contribution in [3.8, 4) is 5.75 Å². The predicted molar refractivity (Wildman–Crippen MR) is 85.4 cm³/mol. The second-order valence-electron chi connectivity index (χ2n) is 4.77. The van der Waals surface area contributed by atoms with E-state index in [1.807, 2.05) is 44.2 Å². The van der Waals surface area contributed by atoms with Gasteiger partial charge in [-0.1, -0.05) is 51.8 Å². The third-order valence-electron chi connectivity index (χ3n) is 2.83. The molecule has 0 saturated carbocycles. The van der Waals surface area contributed by atoms with Crippen LogP contribution in [0.3, 0.4) is 0 Å². The molecule has 0 aliphatic rings. The van der Waals surface area contributed by atoms with E-state index in [1.165, 1.54) is 0 Å². The summed E-state index contributed by atoms with van der Waals surface area (Å²) in [5.41, 5.74) is 1.50. The quantitative estimate of drug-likeness (QED) is 0.839. The summed E-state index contributed by atoms with van der Waals surface area (Å²) in [6, 6.07) is 12.8. The molecule has 2 aromatic rings. The summed E-state index contributed by atoms with van der Waals surface area (Å²) >= 11 is 9.37. The van der Waals surface area contributed by atoms with Gasteiger partial charge in [0.15, 0.2) is 0 Å². The molecule has 2 aromatic carbocycles. The maximum atomic E-state index is 10.6. The Morgan fingerprint density at radius 1 is 1.10 bits per heavy atom. The lowest BCUT2D eigenvalue weighted by atomic mass is 10.0. The van der Waals surface area contributed by atoms with Gasteiger partial charge in [0.25, 0.3) is 0 Å². The minimum atomic E-state index is -0.767. The summed E-state index contributed by atoms with van der Waals surface area (Å²) in [7, 11) is 0. The van der Waals surface area contributed by atoms with E-state index in [0.29, 0.717) is 10.8 Å². The van der Waals surface area contributed by atoms with E-state index in [-0.39, 0.29) is 6.10 Å². The number of rotatable bonds is 4. The van der Waals surface area contributed by atoms with Crippen LogP contribution in [0, 0.1) is 0 Å². The van der Waals surface area contributed by atoms with E-state index in [4.69, 9.17) is 16.3 Å². The fraction of sp³-hybridized carbons (Fsp3) is 0.250. The van der Waals surface area contributed by atoms with Crippen molar-refractivity contribution in [2.75, 3.05) is 0 Å². The van der Waals surface area contributed by atoms with Crippen LogP contribution in [0.4, 0.5) is 0 Å². The van der Waals surface area contributed by atoms with Gasteiger partial charge in [-0.3, -0.25) is 0 Å². The molecule has 106 valence electrons. The van der Waals surface area contributed by atoms with Crippen LogP contribution in [0.2, 0.25) is 5.02 Å². The molecular weight excluding hydrogens is 340 g/mol. The SMILES string of the molecule is CC(C)Oc1ccccc1C(O)c1ccc(Cl)cc1Br. The molecule has 4 heteroatoms. The van der Waals surface area contributed by atoms with Crippen LogP contribution in [-0.2, 0) is 0 Å². The van der Waals surface area contributed by atoms with Gasteiger partial charge in [0.1, 0.15) is 11.9 Å². The monoisotopic (exact) mass is 354 g/mol. The van der Waals surface area contributed by atoms with Gasteiger partial charge < -0.3 is 9.84 Å². The van der Waals surface area contributed by atoms with Gasteiger partial charge in [-0.15, -0.1) is 0 Å². The smallest absolute Gasteiger partial charge is 0.125 e. The predicted octanol–water partition coefficient (Wildman–Crippen LogP) is 4.97. The van der Waals surface area contributed by atoms with Crippen molar-refractivity contribution in [2.45, 2.75) is 26.1 Å². The normalized spacial score (nSPS) is 12.5. The zero-order valence-electron chi connectivity index (χ0n) is 11.3. The molecule has 0 radical (unpaired) electrons. The summed E-state index contributed by atoms with van der Waals surface area (Å²) in [6.45, 7) is 3.92. The van der Waals surface area contributed by atoms with Gasteiger partial charge in [0.2, 0.25) is 0 Å². The van der Waals surface area contributed by atoms with E-state index < -0.39 is 6.10 Å². The standard InChI is InChI=1S/C16H16BrClO2/c1-10(2)20-15-6-4-3-5-13(15)16(19)12-8-7-11(18)9-14(12)17/h3-10,16,19H,1-2H3. The van der Waals surface area contributed by atoms with Crippen LogP contribution < -0.4 is 4.74 Å². The van der Waals surface area contributed by atoms with Crippen LogP contribution >= 0.6 is 27.5 Å². The molecule has 2 rings (SSSR count). The summed E-state index contributed by atoms with van der Waals surface area (Å²) in [6.07, 6.45) is -0.714. The van der Waals surface area contributed by atoms with Crippen molar-refractivity contribution in [3.05, 3.63) is 63.1 Å². The Bertz CT molecular complexity index is 599. The summed E-state index contributed by atoms with van der Waals surface area (Å²) < 4.78 is 6.53. The molecule has 0 aliphatic carbocycles. The molecule has 2 nitrogen and oxygen atoms in total. The maximum Gasteiger partial charge on any atom is 0.125 e. The van der Waals surface area contributed by atoms with E-state index in [1.54, 1.807) is 12.1 Å². The molecule has 0 aliphatic heterocycles. The number of aliphatic hydroxyl groups excluding tert-OH is 1. The van der Waals surface area contributed by atoms with Crippen LogP contribution in [0.25, 0.3) is 0 Å². The van der Waals surface area contributed by atoms with Crippen molar-refractivity contribution < 1.29 is 9.84 Å². The van der Waals surface area contributed by atoms with Gasteiger partial charge in [-0.2, -0.15) is 0 Å². The second kappa shape index (κ2) is 6.61. The fourth-order valence-electron chi connectivity index (χ4n) is 1.96. The number of aliphatic hydroxyl groups is 1. The Labute approximate surface area is 132 Å². The molecule has 1 N–H and O–H groups in total. The first-order chi connectivity index (χ1) is 9.49. The van der Waals surface area contributed by atoms with Crippen molar-refractivity contribution >= 4 is 27.5 Å². The van der Waals surface area contributed by atoms with Crippen molar-refractivity contribution in [1.29, 1.82) is 0 Å². The third-order valence-corrected chi connectivity index (χ3v) is 3.76. The fourth-order valence-corrected chi connectivity index (χ4v) is 2.86. The molecule has 0 fully saturated rings. The Morgan fingerprint density at radius 3 is 2.45 bits per heavy atom. The zero-order chi connectivity index (χ0) is 14.7. The van der Waals surface area contributed by atoms with Gasteiger partial charge >= 0.3 is 0 Å². The third kappa shape index (κ3) is 3.54. The first-order valence-corrected chi connectivity index (χ1v) is 7.54. The Kier molecular flexibility index (Phi) is 5.08. The molecule has 0 amide bonds. The summed E-state index contributed by atoms with van der Waals surface area (Å²) in [5, 5.41) is 11.2. The largest absolute Gasteiger partial charge is 0.491 e. The van der Waals surface area contributed by atoms with Crippen molar-refractivity contribution in [2.24, 2.45) is 0 Å². The number of hydrogen-bond donors (Lipinski definition) is 1. The lowest BCUT2D eigenvalue weighted by Gasteiger charge is -2.19. The number of benzene rings is 2. The summed E-state index contributed by atoms with van der Waals surface area (Å²) in [5.74, 6) is 0.692. The van der Waals surface area contributed by atoms with E-state index >= 15 is 0 Å². The van der Waals surface area contributed by atoms with Gasteiger partial charge in [-0.25, -0.2) is 0 Å². The lowest BCUT2D eigenvalue weighted by molar-refractivity contribution is 0.197. The van der Waals surface area contributed by atoms with Gasteiger partial charge in [0, 0.05) is 15.1 Å². The van der Waals surface area contributed by atoms with Gasteiger partial charge in [0.05, 0.1) is 6.10 Å². The second-order valence-corrected chi connectivity index (χ2v) is 6.06. The van der Waals surface area contributed by atoms with Crippen LogP contribution in [-0.4, -0.2) is 11.2 Å². The lowest BCUT2D eigenvalue weighted by Crippen LogP contribution is -2.10. The molecule has 1 unspecified atom stereocenters. The molecule has 0 spiro atoms. The average molecular weight is 356 g/mol. The van der Waals surface area contributed by atoms with E-state index in [2.05, 4.69) is 15.9 Å². The van der Waals surface area contributed by atoms with E-state index in [9.17, 15) is 5.11 Å². The average Bonchev–Trinajstić information content (AvgIpc) is 2.38. The molecule has 20 heavy (non-hydrogen) atoms. The van der Waals surface area contributed by atoms with Crippen molar-refractivity contribution in [3.63, 3.8) is 0 Å². The number of halogens is 2. The Morgan fingerprint density at radius 2 is 1.80 bits per heavy atom. The molecule has 0 bridgehead atoms. The zero-order valence-corrected chi connectivity index (χ0v) is 13.6. The highest BCUT2D eigenvalue weighted by Crippen LogP contribution is 2.35. The highest BCUT2D eigenvalue weighted by atomic mass is 79.9. The molecule has 0 heterocycles. The number of para-hydroxylation sites is 1. The summed E-state index contributed by atoms with van der Waals surface area (Å²) in [4.78, 5) is 0. The first-order valence-electron chi connectivity index (χ1n) is 6.37. The van der Waals surface area contributed by atoms with Crippen LogP contribution in [0.5, 0.6) is 5.75 Å².